The Balaban J connectivity index is 2.64. The van der Waals surface area contributed by atoms with Crippen molar-refractivity contribution in [3.63, 3.8) is 0 Å². The van der Waals surface area contributed by atoms with Gasteiger partial charge in [0.05, 0.1) is 18.3 Å². The third-order valence-corrected chi connectivity index (χ3v) is 1.85. The Kier molecular flexibility index (Phi) is 3.25. The van der Waals surface area contributed by atoms with Crippen molar-refractivity contribution in [1.82, 2.24) is 4.68 Å². The van der Waals surface area contributed by atoms with Gasteiger partial charge in [-0.3, -0.25) is 0 Å². The summed E-state index contributed by atoms with van der Waals surface area (Å²) in [7, 11) is 1.97. The van der Waals surface area contributed by atoms with Gasteiger partial charge >= 0.3 is 0 Å². The number of aromatic nitrogens is 2. The molecule has 0 saturated heterocycles. The van der Waals surface area contributed by atoms with Crippen LogP contribution >= 0.6 is 0 Å². The van der Waals surface area contributed by atoms with Crippen LogP contribution < -0.4 is 10.4 Å². The van der Waals surface area contributed by atoms with Gasteiger partial charge in [-0.15, -0.1) is 4.68 Å². The van der Waals surface area contributed by atoms with Crippen LogP contribution in [0.3, 0.4) is 0 Å². The van der Waals surface area contributed by atoms with E-state index in [1.807, 2.05) is 28.8 Å². The second kappa shape index (κ2) is 4.23. The molecule has 0 amide bonds. The topological polar surface area (TPSA) is 55.1 Å². The number of hydrogen-bond acceptors (Lipinski definition) is 2. The number of aliphatic hydroxyl groups is 1. The highest BCUT2D eigenvalue weighted by molar-refractivity contribution is 4.98. The zero-order valence-corrected chi connectivity index (χ0v) is 7.40. The van der Waals surface area contributed by atoms with Gasteiger partial charge in [-0.25, -0.2) is 0 Å². The summed E-state index contributed by atoms with van der Waals surface area (Å²) in [6.45, 7) is 1.64. The highest BCUT2D eigenvalue weighted by Gasteiger charge is 2.06. The standard InChI is InChI=1S/C8H16N3O/c1-10-6-8(5-9)7-11(10)3-2-4-12/h6-7,12H,2-5,9H2,1H3/q+1. The van der Waals surface area contributed by atoms with Gasteiger partial charge in [-0.05, 0) is 6.42 Å². The third-order valence-electron chi connectivity index (χ3n) is 1.85. The fraction of sp³-hybridized carbons (Fsp3) is 0.625. The van der Waals surface area contributed by atoms with E-state index in [2.05, 4.69) is 0 Å². The predicted molar refractivity (Wildman–Crippen MR) is 45.2 cm³/mol. The van der Waals surface area contributed by atoms with Crippen molar-refractivity contribution in [2.24, 2.45) is 12.8 Å². The molecule has 0 aliphatic rings. The summed E-state index contributed by atoms with van der Waals surface area (Å²) in [5, 5.41) is 8.64. The Hall–Kier alpha value is -0.870. The second-order valence-electron chi connectivity index (χ2n) is 2.85. The summed E-state index contributed by atoms with van der Waals surface area (Å²) in [6.07, 6.45) is 4.79. The zero-order chi connectivity index (χ0) is 8.97. The van der Waals surface area contributed by atoms with Crippen LogP contribution in [0.2, 0.25) is 0 Å². The Morgan fingerprint density at radius 3 is 2.92 bits per heavy atom. The molecule has 4 heteroatoms. The van der Waals surface area contributed by atoms with Crippen LogP contribution in [-0.4, -0.2) is 16.4 Å². The molecule has 0 spiro atoms. The van der Waals surface area contributed by atoms with Crippen LogP contribution in [0.15, 0.2) is 12.4 Å². The Morgan fingerprint density at radius 2 is 2.42 bits per heavy atom. The smallest absolute Gasteiger partial charge is 0.199 e. The molecule has 0 aromatic carbocycles. The summed E-state index contributed by atoms with van der Waals surface area (Å²) >= 11 is 0. The van der Waals surface area contributed by atoms with E-state index in [1.165, 1.54) is 0 Å². The fourth-order valence-electron chi connectivity index (χ4n) is 1.19. The van der Waals surface area contributed by atoms with Crippen LogP contribution in [0.4, 0.5) is 0 Å². The molecule has 0 atom stereocenters. The van der Waals surface area contributed by atoms with E-state index in [9.17, 15) is 0 Å². The minimum atomic E-state index is 0.232. The molecule has 3 N–H and O–H groups in total. The summed E-state index contributed by atoms with van der Waals surface area (Å²) in [6, 6.07) is 0. The number of hydrogen-bond donors (Lipinski definition) is 2. The molecule has 0 unspecified atom stereocenters. The van der Waals surface area contributed by atoms with Crippen molar-refractivity contribution < 1.29 is 9.79 Å². The van der Waals surface area contributed by atoms with Gasteiger partial charge in [-0.1, -0.05) is 0 Å². The number of rotatable bonds is 4. The number of nitrogens with two attached hydrogens (primary N) is 1. The van der Waals surface area contributed by atoms with E-state index >= 15 is 0 Å². The summed E-state index contributed by atoms with van der Waals surface area (Å²) in [4.78, 5) is 0. The molecule has 1 aromatic rings. The first-order valence-electron chi connectivity index (χ1n) is 4.14. The molecule has 0 saturated carbocycles. The molecule has 1 heterocycles. The number of aryl methyl sites for hydroxylation is 2. The fourth-order valence-corrected chi connectivity index (χ4v) is 1.19. The quantitative estimate of drug-likeness (QED) is 0.579. The van der Waals surface area contributed by atoms with Gasteiger partial charge in [0.1, 0.15) is 0 Å². The first-order valence-corrected chi connectivity index (χ1v) is 4.14. The number of nitrogens with zero attached hydrogens (tertiary/aromatic N) is 2. The summed E-state index contributed by atoms with van der Waals surface area (Å²) in [5.41, 5.74) is 6.61. The molecule has 1 aromatic heterocycles. The van der Waals surface area contributed by atoms with E-state index < -0.39 is 0 Å². The van der Waals surface area contributed by atoms with Gasteiger partial charge in [0.15, 0.2) is 13.2 Å². The molecule has 1 rings (SSSR count). The van der Waals surface area contributed by atoms with E-state index in [1.54, 1.807) is 0 Å². The molecule has 0 bridgehead atoms. The Bertz CT molecular complexity index is 244. The lowest BCUT2D eigenvalue weighted by molar-refractivity contribution is -0.753. The molecule has 12 heavy (non-hydrogen) atoms. The van der Waals surface area contributed by atoms with Gasteiger partial charge < -0.3 is 10.8 Å². The largest absolute Gasteiger partial charge is 0.396 e. The maximum absolute atomic E-state index is 8.64. The number of aliphatic hydroxyl groups excluding tert-OH is 1. The molecule has 4 nitrogen and oxygen atoms in total. The maximum Gasteiger partial charge on any atom is 0.199 e. The van der Waals surface area contributed by atoms with Crippen molar-refractivity contribution >= 4 is 0 Å². The molecule has 0 fully saturated rings. The highest BCUT2D eigenvalue weighted by atomic mass is 16.3. The lowest BCUT2D eigenvalue weighted by Crippen LogP contribution is -2.38. The van der Waals surface area contributed by atoms with E-state index in [0.717, 1.165) is 18.5 Å². The monoisotopic (exact) mass is 170 g/mol. The summed E-state index contributed by atoms with van der Waals surface area (Å²) < 4.78 is 4.02. The summed E-state index contributed by atoms with van der Waals surface area (Å²) in [5.74, 6) is 0. The highest BCUT2D eigenvalue weighted by Crippen LogP contribution is 1.94. The van der Waals surface area contributed by atoms with Crippen LogP contribution in [0.1, 0.15) is 12.0 Å². The van der Waals surface area contributed by atoms with Crippen molar-refractivity contribution in [3.8, 4) is 0 Å². The zero-order valence-electron chi connectivity index (χ0n) is 7.40. The first-order chi connectivity index (χ1) is 5.77. The van der Waals surface area contributed by atoms with Crippen LogP contribution in [0.5, 0.6) is 0 Å². The van der Waals surface area contributed by atoms with Crippen molar-refractivity contribution in [1.29, 1.82) is 0 Å². The molecular weight excluding hydrogens is 154 g/mol. The lowest BCUT2D eigenvalue weighted by Gasteiger charge is -1.96. The van der Waals surface area contributed by atoms with E-state index in [4.69, 9.17) is 10.8 Å². The van der Waals surface area contributed by atoms with Crippen LogP contribution in [-0.2, 0) is 20.1 Å². The van der Waals surface area contributed by atoms with Crippen LogP contribution in [0.25, 0.3) is 0 Å². The molecule has 68 valence electrons. The van der Waals surface area contributed by atoms with Crippen molar-refractivity contribution in [2.45, 2.75) is 19.5 Å². The lowest BCUT2D eigenvalue weighted by atomic mass is 10.4. The maximum atomic E-state index is 8.64. The van der Waals surface area contributed by atoms with Gasteiger partial charge in [-0.2, -0.15) is 4.68 Å². The van der Waals surface area contributed by atoms with Crippen LogP contribution in [0, 0.1) is 0 Å². The normalized spacial score (nSPS) is 10.6. The average molecular weight is 170 g/mol. The molecule has 0 aliphatic carbocycles. The molecule has 0 aliphatic heterocycles. The molecular formula is C8H16N3O+. The second-order valence-corrected chi connectivity index (χ2v) is 2.85. The van der Waals surface area contributed by atoms with Crippen molar-refractivity contribution in [3.05, 3.63) is 18.0 Å². The predicted octanol–water partition coefficient (Wildman–Crippen LogP) is -0.846. The van der Waals surface area contributed by atoms with E-state index in [0.29, 0.717) is 6.54 Å². The van der Waals surface area contributed by atoms with Gasteiger partial charge in [0.2, 0.25) is 0 Å². The SMILES string of the molecule is C[n+]1cc(CN)cn1CCCO. The Morgan fingerprint density at radius 1 is 1.67 bits per heavy atom. The van der Waals surface area contributed by atoms with E-state index in [-0.39, 0.29) is 6.61 Å². The minimum absolute atomic E-state index is 0.232. The average Bonchev–Trinajstić information content (AvgIpc) is 2.43. The Labute approximate surface area is 72.2 Å². The minimum Gasteiger partial charge on any atom is -0.396 e. The van der Waals surface area contributed by atoms with Crippen molar-refractivity contribution in [2.75, 3.05) is 6.61 Å². The first kappa shape index (κ1) is 9.22. The third kappa shape index (κ3) is 2.06. The van der Waals surface area contributed by atoms with Gasteiger partial charge in [0.25, 0.3) is 0 Å². The van der Waals surface area contributed by atoms with Gasteiger partial charge in [0, 0.05) is 13.2 Å². The molecule has 0 radical (unpaired) electrons.